The Kier molecular flexibility index (Phi) is 3.65. The van der Waals surface area contributed by atoms with E-state index < -0.39 is 6.04 Å². The zero-order valence-corrected chi connectivity index (χ0v) is 14.6. The minimum Gasteiger partial charge on any atom is -0.376 e. The molecule has 130 valence electrons. The highest BCUT2D eigenvalue weighted by molar-refractivity contribution is 6.03. The number of carbonyl (C=O) groups is 1. The topological polar surface area (TPSA) is 44.9 Å². The first-order valence-electron chi connectivity index (χ1n) is 9.04. The normalized spacial score (nSPS) is 15.3. The summed E-state index contributed by atoms with van der Waals surface area (Å²) >= 11 is 0. The Morgan fingerprint density at radius 3 is 2.30 bits per heavy atom. The van der Waals surface area contributed by atoms with Crippen molar-refractivity contribution in [2.75, 3.05) is 0 Å². The molecule has 1 atom stereocenters. The van der Waals surface area contributed by atoms with E-state index in [1.165, 1.54) is 0 Å². The highest BCUT2D eigenvalue weighted by Gasteiger charge is 2.27. The number of H-pyrrole nitrogens is 1. The maximum absolute atomic E-state index is 13.2. The van der Waals surface area contributed by atoms with Crippen LogP contribution < -0.4 is 5.32 Å². The Morgan fingerprint density at radius 1 is 0.778 bits per heavy atom. The third-order valence-electron chi connectivity index (χ3n) is 5.12. The molecule has 5 rings (SSSR count). The molecular formula is C24H18N2O. The molecule has 3 heteroatoms. The van der Waals surface area contributed by atoms with Crippen LogP contribution in [0, 0.1) is 0 Å². The molecule has 0 bridgehead atoms. The lowest BCUT2D eigenvalue weighted by Crippen LogP contribution is -2.27. The van der Waals surface area contributed by atoms with Gasteiger partial charge in [0.15, 0.2) is 5.78 Å². The average molecular weight is 350 g/mol. The van der Waals surface area contributed by atoms with Crippen molar-refractivity contribution in [1.82, 2.24) is 10.3 Å². The van der Waals surface area contributed by atoms with Crippen LogP contribution >= 0.6 is 0 Å². The summed E-state index contributed by atoms with van der Waals surface area (Å²) in [5, 5.41) is 4.36. The van der Waals surface area contributed by atoms with Crippen molar-refractivity contribution in [2.45, 2.75) is 6.04 Å². The van der Waals surface area contributed by atoms with Crippen LogP contribution in [0.3, 0.4) is 0 Å². The lowest BCUT2D eigenvalue weighted by atomic mass is 9.95. The van der Waals surface area contributed by atoms with Crippen molar-refractivity contribution in [3.8, 4) is 11.1 Å². The number of aromatic amines is 1. The summed E-state index contributed by atoms with van der Waals surface area (Å²) in [6.45, 7) is 0. The van der Waals surface area contributed by atoms with Crippen LogP contribution in [-0.4, -0.2) is 10.8 Å². The second kappa shape index (κ2) is 6.29. The summed E-state index contributed by atoms with van der Waals surface area (Å²) in [5.41, 5.74) is 6.02. The van der Waals surface area contributed by atoms with Crippen molar-refractivity contribution in [1.29, 1.82) is 0 Å². The molecular weight excluding hydrogens is 332 g/mol. The fourth-order valence-corrected chi connectivity index (χ4v) is 3.73. The Balaban J connectivity index is 1.49. The standard InChI is InChI=1S/C24H18N2O/c27-24(18-12-10-17(11-13-18)16-6-2-1-3-7-16)23-22-20(14-15-25-23)19-8-4-5-9-21(19)26-22/h1-15,23,25-26H. The average Bonchev–Trinajstić information content (AvgIpc) is 3.13. The minimum atomic E-state index is -0.403. The first kappa shape index (κ1) is 15.6. The number of para-hydroxylation sites is 1. The summed E-state index contributed by atoms with van der Waals surface area (Å²) in [6.07, 6.45) is 3.89. The molecule has 0 aliphatic carbocycles. The molecule has 0 spiro atoms. The van der Waals surface area contributed by atoms with Crippen LogP contribution in [0.25, 0.3) is 28.1 Å². The SMILES string of the molecule is O=C(c1ccc(-c2ccccc2)cc1)C1NC=Cc2c1[nH]c1ccccc21. The summed E-state index contributed by atoms with van der Waals surface area (Å²) in [5.74, 6) is 0.0618. The fourth-order valence-electron chi connectivity index (χ4n) is 3.73. The number of Topliss-reactive ketones (excluding diaryl/α,β-unsaturated/α-hetero) is 1. The van der Waals surface area contributed by atoms with Gasteiger partial charge in [-0.2, -0.15) is 0 Å². The third-order valence-corrected chi connectivity index (χ3v) is 5.12. The van der Waals surface area contributed by atoms with Crippen molar-refractivity contribution >= 4 is 22.8 Å². The van der Waals surface area contributed by atoms with Gasteiger partial charge in [0.2, 0.25) is 0 Å². The molecule has 2 heterocycles. The number of benzene rings is 3. The predicted octanol–water partition coefficient (Wildman–Crippen LogP) is 5.33. The molecule has 0 saturated carbocycles. The van der Waals surface area contributed by atoms with E-state index in [9.17, 15) is 4.79 Å². The van der Waals surface area contributed by atoms with Gasteiger partial charge in [-0.15, -0.1) is 0 Å². The van der Waals surface area contributed by atoms with E-state index in [-0.39, 0.29) is 5.78 Å². The number of hydrogen-bond acceptors (Lipinski definition) is 2. The van der Waals surface area contributed by atoms with Gasteiger partial charge in [0.25, 0.3) is 0 Å². The second-order valence-electron chi connectivity index (χ2n) is 6.74. The molecule has 27 heavy (non-hydrogen) atoms. The quantitative estimate of drug-likeness (QED) is 0.490. The summed E-state index contributed by atoms with van der Waals surface area (Å²) in [7, 11) is 0. The molecule has 1 aliphatic rings. The number of ketones is 1. The predicted molar refractivity (Wildman–Crippen MR) is 109 cm³/mol. The monoisotopic (exact) mass is 350 g/mol. The number of aromatic nitrogens is 1. The molecule has 3 aromatic carbocycles. The van der Waals surface area contributed by atoms with Gasteiger partial charge in [-0.05, 0) is 29.5 Å². The molecule has 1 unspecified atom stereocenters. The van der Waals surface area contributed by atoms with Crippen LogP contribution in [0.1, 0.15) is 27.7 Å². The van der Waals surface area contributed by atoms with Crippen molar-refractivity contribution < 1.29 is 4.79 Å². The zero-order valence-electron chi connectivity index (χ0n) is 14.6. The lowest BCUT2D eigenvalue weighted by Gasteiger charge is -2.20. The number of rotatable bonds is 3. The number of carbonyl (C=O) groups excluding carboxylic acids is 1. The minimum absolute atomic E-state index is 0.0618. The molecule has 3 nitrogen and oxygen atoms in total. The molecule has 0 radical (unpaired) electrons. The Bertz CT molecular complexity index is 1150. The summed E-state index contributed by atoms with van der Waals surface area (Å²) < 4.78 is 0. The van der Waals surface area contributed by atoms with Crippen molar-refractivity contribution in [3.05, 3.63) is 102 Å². The fraction of sp³-hybridized carbons (Fsp3) is 0.0417. The molecule has 1 aliphatic heterocycles. The van der Waals surface area contributed by atoms with Gasteiger partial charge in [0, 0.05) is 22.0 Å². The third kappa shape index (κ3) is 2.64. The van der Waals surface area contributed by atoms with E-state index in [1.807, 2.05) is 72.9 Å². The number of hydrogen-bond donors (Lipinski definition) is 2. The van der Waals surface area contributed by atoms with Crippen molar-refractivity contribution in [3.63, 3.8) is 0 Å². The second-order valence-corrected chi connectivity index (χ2v) is 6.74. The molecule has 0 saturated heterocycles. The van der Waals surface area contributed by atoms with E-state index in [2.05, 4.69) is 28.5 Å². The Morgan fingerprint density at radius 2 is 1.48 bits per heavy atom. The smallest absolute Gasteiger partial charge is 0.191 e. The van der Waals surface area contributed by atoms with Gasteiger partial charge >= 0.3 is 0 Å². The maximum atomic E-state index is 13.2. The van der Waals surface area contributed by atoms with Crippen LogP contribution in [0.5, 0.6) is 0 Å². The number of nitrogens with one attached hydrogen (secondary N) is 2. The largest absolute Gasteiger partial charge is 0.376 e. The van der Waals surface area contributed by atoms with Gasteiger partial charge in [-0.1, -0.05) is 72.8 Å². The van der Waals surface area contributed by atoms with Gasteiger partial charge in [0.05, 0.1) is 5.69 Å². The lowest BCUT2D eigenvalue weighted by molar-refractivity contribution is 0.0947. The van der Waals surface area contributed by atoms with Gasteiger partial charge in [-0.25, -0.2) is 0 Å². The first-order chi connectivity index (χ1) is 13.3. The van der Waals surface area contributed by atoms with E-state index in [0.717, 1.165) is 33.3 Å². The Hall–Kier alpha value is -3.59. The van der Waals surface area contributed by atoms with Crippen LogP contribution in [-0.2, 0) is 0 Å². The van der Waals surface area contributed by atoms with Crippen LogP contribution in [0.15, 0.2) is 85.1 Å². The van der Waals surface area contributed by atoms with E-state index in [0.29, 0.717) is 5.56 Å². The molecule has 0 amide bonds. The molecule has 0 fully saturated rings. The zero-order chi connectivity index (χ0) is 18.2. The molecule has 2 N–H and O–H groups in total. The van der Waals surface area contributed by atoms with Crippen LogP contribution in [0.4, 0.5) is 0 Å². The van der Waals surface area contributed by atoms with E-state index in [4.69, 9.17) is 0 Å². The number of fused-ring (bicyclic) bond motifs is 3. The molecule has 1 aromatic heterocycles. The van der Waals surface area contributed by atoms with Gasteiger partial charge < -0.3 is 10.3 Å². The highest BCUT2D eigenvalue weighted by Crippen LogP contribution is 2.32. The Labute approximate surface area is 157 Å². The maximum Gasteiger partial charge on any atom is 0.191 e. The van der Waals surface area contributed by atoms with Crippen LogP contribution in [0.2, 0.25) is 0 Å². The van der Waals surface area contributed by atoms with Gasteiger partial charge in [0.1, 0.15) is 6.04 Å². The summed E-state index contributed by atoms with van der Waals surface area (Å²) in [4.78, 5) is 16.6. The highest BCUT2D eigenvalue weighted by atomic mass is 16.1. The van der Waals surface area contributed by atoms with E-state index in [1.54, 1.807) is 0 Å². The summed E-state index contributed by atoms with van der Waals surface area (Å²) in [6, 6.07) is 25.7. The first-order valence-corrected chi connectivity index (χ1v) is 9.04. The van der Waals surface area contributed by atoms with Crippen molar-refractivity contribution in [2.24, 2.45) is 0 Å². The molecule has 4 aromatic rings. The van der Waals surface area contributed by atoms with E-state index >= 15 is 0 Å². The van der Waals surface area contributed by atoms with Gasteiger partial charge in [-0.3, -0.25) is 4.79 Å².